The first-order chi connectivity index (χ1) is 2.00. The summed E-state index contributed by atoms with van der Waals surface area (Å²) in [5.74, 6) is 0. The molecule has 0 aliphatic heterocycles. The molecule has 0 unspecified atom stereocenters. The van der Waals surface area contributed by atoms with Gasteiger partial charge in [-0.2, -0.15) is 8.42 Å². The van der Waals surface area contributed by atoms with E-state index in [1.54, 1.807) is 0 Å². The minimum absolute atomic E-state index is 0. The molecule has 0 aliphatic carbocycles. The van der Waals surface area contributed by atoms with E-state index in [-0.39, 0.29) is 86.8 Å². The zero-order valence-electron chi connectivity index (χ0n) is 2.53. The Labute approximate surface area is 112 Å². The Morgan fingerprint density at radius 1 is 1.12 bits per heavy atom. The SMILES string of the molecule is Cl.O=S(=O)(O)O.[KH].[MgH2]. The van der Waals surface area contributed by atoms with Gasteiger partial charge in [0.1, 0.15) is 0 Å². The smallest absolute Gasteiger partial charge is 0.316 e. The van der Waals surface area contributed by atoms with E-state index in [0.717, 1.165) is 0 Å². The summed E-state index contributed by atoms with van der Waals surface area (Å²) in [4.78, 5) is 0. The van der Waals surface area contributed by atoms with Crippen LogP contribution in [0.1, 0.15) is 0 Å². The van der Waals surface area contributed by atoms with E-state index in [2.05, 4.69) is 0 Å². The second-order valence-corrected chi connectivity index (χ2v) is 1.34. The van der Waals surface area contributed by atoms with Crippen molar-refractivity contribution >= 4 is 97.2 Å². The number of hydrogen-bond acceptors (Lipinski definition) is 2. The van der Waals surface area contributed by atoms with E-state index >= 15 is 0 Å². The first kappa shape index (κ1) is 22.4. The Morgan fingerprint density at radius 3 is 1.12 bits per heavy atom. The first-order valence-corrected chi connectivity index (χ1v) is 2.10. The topological polar surface area (TPSA) is 74.6 Å². The largest absolute Gasteiger partial charge is 0.316 e. The summed E-state index contributed by atoms with van der Waals surface area (Å²) in [6.07, 6.45) is 0. The van der Waals surface area contributed by atoms with Crippen molar-refractivity contribution in [1.82, 2.24) is 0 Å². The maximum absolute atomic E-state index is 8.74. The van der Waals surface area contributed by atoms with Gasteiger partial charge in [-0.05, 0) is 0 Å². The van der Waals surface area contributed by atoms with Gasteiger partial charge in [0.2, 0.25) is 0 Å². The van der Waals surface area contributed by atoms with Crippen LogP contribution in [0.3, 0.4) is 0 Å². The Morgan fingerprint density at radius 2 is 1.12 bits per heavy atom. The van der Waals surface area contributed by atoms with E-state index in [1.807, 2.05) is 0 Å². The van der Waals surface area contributed by atoms with Crippen molar-refractivity contribution in [3.63, 3.8) is 0 Å². The van der Waals surface area contributed by atoms with Crippen LogP contribution in [0, 0.1) is 0 Å². The van der Waals surface area contributed by atoms with Gasteiger partial charge in [-0.25, -0.2) is 0 Å². The summed E-state index contributed by atoms with van der Waals surface area (Å²) in [6, 6.07) is 0. The Kier molecular flexibility index (Phi) is 26.8. The fourth-order valence-electron chi connectivity index (χ4n) is 0. The molecule has 0 heterocycles. The molecule has 2 N–H and O–H groups in total. The van der Waals surface area contributed by atoms with Crippen LogP contribution in [0.4, 0.5) is 0 Å². The van der Waals surface area contributed by atoms with Crippen LogP contribution in [0.2, 0.25) is 0 Å². The maximum Gasteiger partial charge on any atom is 0.316 e. The van der Waals surface area contributed by atoms with Crippen molar-refractivity contribution in [2.75, 3.05) is 0 Å². The molecule has 8 heteroatoms. The molecule has 0 atom stereocenters. The van der Waals surface area contributed by atoms with Crippen LogP contribution in [-0.4, -0.2) is 92.0 Å². The molecule has 0 aliphatic rings. The predicted molar refractivity (Wildman–Crippen MR) is 37.1 cm³/mol. The molecule has 0 fully saturated rings. The average molecular weight is 201 g/mol. The Hall–Kier alpha value is 2.56. The molecule has 0 aromatic rings. The summed E-state index contributed by atoms with van der Waals surface area (Å²) in [5, 5.41) is 0. The fraction of sp³-hybridized carbons (Fsp3) is 0. The number of rotatable bonds is 0. The Balaban J connectivity index is -0.0000000267. The van der Waals surface area contributed by atoms with Crippen molar-refractivity contribution in [2.45, 2.75) is 0 Å². The molecule has 0 rings (SSSR count). The average Bonchev–Trinajstić information content (AvgIpc) is 0.722. The minimum Gasteiger partial charge on any atom is 0.316 e. The van der Waals surface area contributed by atoms with Crippen LogP contribution >= 0.6 is 12.4 Å². The zero-order chi connectivity index (χ0) is 4.50. The van der Waals surface area contributed by atoms with Crippen molar-refractivity contribution in [1.29, 1.82) is 0 Å². The molecule has 4 nitrogen and oxygen atoms in total. The summed E-state index contributed by atoms with van der Waals surface area (Å²) in [7, 11) is -4.67. The molecule has 0 amide bonds. The van der Waals surface area contributed by atoms with Crippen molar-refractivity contribution in [3.8, 4) is 0 Å². The molecule has 46 valence electrons. The summed E-state index contributed by atoms with van der Waals surface area (Å²) in [5.41, 5.74) is 0. The van der Waals surface area contributed by atoms with Crippen molar-refractivity contribution in [3.05, 3.63) is 0 Å². The Bertz CT molecular complexity index is 99.2. The van der Waals surface area contributed by atoms with E-state index in [0.29, 0.717) is 0 Å². The number of halogens is 1. The molecule has 0 aromatic heterocycles. The third-order valence-corrected chi connectivity index (χ3v) is 0. The van der Waals surface area contributed by atoms with E-state index in [9.17, 15) is 0 Å². The van der Waals surface area contributed by atoms with E-state index in [1.165, 1.54) is 0 Å². The van der Waals surface area contributed by atoms with Gasteiger partial charge >= 0.3 is 84.8 Å². The van der Waals surface area contributed by atoms with Crippen LogP contribution < -0.4 is 0 Å². The summed E-state index contributed by atoms with van der Waals surface area (Å²) < 4.78 is 31.6. The summed E-state index contributed by atoms with van der Waals surface area (Å²) in [6.45, 7) is 0. The van der Waals surface area contributed by atoms with E-state index < -0.39 is 10.4 Å². The van der Waals surface area contributed by atoms with Gasteiger partial charge in [-0.3, -0.25) is 9.11 Å². The third-order valence-electron chi connectivity index (χ3n) is 0. The molecule has 0 radical (unpaired) electrons. The number of hydrogen-bond donors (Lipinski definition) is 2. The molecular weight excluding hydrogens is 195 g/mol. The van der Waals surface area contributed by atoms with Gasteiger partial charge in [-0.1, -0.05) is 0 Å². The molecule has 0 aromatic carbocycles. The molecule has 0 spiro atoms. The molecular formula is H6ClKMgO4S. The molecule has 0 bridgehead atoms. The summed E-state index contributed by atoms with van der Waals surface area (Å²) >= 11 is 0. The van der Waals surface area contributed by atoms with Gasteiger partial charge in [0.25, 0.3) is 0 Å². The van der Waals surface area contributed by atoms with Gasteiger partial charge in [0.15, 0.2) is 0 Å². The van der Waals surface area contributed by atoms with Crippen LogP contribution in [0.15, 0.2) is 0 Å². The molecule has 0 saturated carbocycles. The fourth-order valence-corrected chi connectivity index (χ4v) is 0. The van der Waals surface area contributed by atoms with E-state index in [4.69, 9.17) is 17.5 Å². The minimum atomic E-state index is -4.67. The normalized spacial score (nSPS) is 7.25. The second-order valence-electron chi connectivity index (χ2n) is 0.448. The second kappa shape index (κ2) is 9.56. The quantitative estimate of drug-likeness (QED) is 0.358. The van der Waals surface area contributed by atoms with Gasteiger partial charge in [0.05, 0.1) is 0 Å². The molecule has 8 heavy (non-hydrogen) atoms. The van der Waals surface area contributed by atoms with Crippen LogP contribution in [0.25, 0.3) is 0 Å². The van der Waals surface area contributed by atoms with Gasteiger partial charge < -0.3 is 0 Å². The first-order valence-electron chi connectivity index (χ1n) is 0.698. The van der Waals surface area contributed by atoms with Crippen molar-refractivity contribution < 1.29 is 17.5 Å². The van der Waals surface area contributed by atoms with Crippen LogP contribution in [-0.2, 0) is 10.4 Å². The van der Waals surface area contributed by atoms with Crippen LogP contribution in [0.5, 0.6) is 0 Å². The molecule has 0 saturated heterocycles. The van der Waals surface area contributed by atoms with Crippen molar-refractivity contribution in [2.24, 2.45) is 0 Å². The predicted octanol–water partition coefficient (Wildman–Crippen LogP) is -1.80. The monoisotopic (exact) mass is 200 g/mol. The van der Waals surface area contributed by atoms with Gasteiger partial charge in [-0.15, -0.1) is 12.4 Å². The van der Waals surface area contributed by atoms with Gasteiger partial charge in [0, 0.05) is 0 Å². The zero-order valence-corrected chi connectivity index (χ0v) is 4.16. The third kappa shape index (κ3) is 74.6. The standard InChI is InChI=1S/ClH.K.Mg.H2O4S.3H/c;;;1-5(2,3)4;;;/h1H;;;(H2,1,2,3,4);;;. The maximum atomic E-state index is 8.74.